The van der Waals surface area contributed by atoms with Gasteiger partial charge in [0.15, 0.2) is 5.78 Å². The van der Waals surface area contributed by atoms with Gasteiger partial charge in [0.1, 0.15) is 0 Å². The van der Waals surface area contributed by atoms with Crippen LogP contribution >= 0.6 is 38.5 Å². The molecule has 0 aromatic heterocycles. The Morgan fingerprint density at radius 3 is 2.33 bits per heavy atom. The number of hydrogen-bond acceptors (Lipinski definition) is 1. The maximum absolute atomic E-state index is 12.6. The lowest BCUT2D eigenvalue weighted by atomic mass is 10.0. The topological polar surface area (TPSA) is 17.1 Å². The number of rotatable bonds is 1. The zero-order valence-corrected chi connectivity index (χ0v) is 11.2. The minimum absolute atomic E-state index is 0.175. The van der Waals surface area contributed by atoms with Crippen LogP contribution in [0.1, 0.15) is 22.8 Å². The van der Waals surface area contributed by atoms with Crippen LogP contribution in [-0.4, -0.2) is 5.78 Å². The van der Waals surface area contributed by atoms with Gasteiger partial charge in [-0.05, 0) is 57.6 Å². The molecule has 1 rings (SSSR count). The van der Waals surface area contributed by atoms with Gasteiger partial charge in [-0.1, -0.05) is 0 Å². The van der Waals surface area contributed by atoms with Gasteiger partial charge in [-0.3, -0.25) is 4.79 Å². The highest BCUT2D eigenvalue weighted by molar-refractivity contribution is 14.1. The molecule has 15 heavy (non-hydrogen) atoms. The first-order valence-corrected chi connectivity index (χ1v) is 5.68. The van der Waals surface area contributed by atoms with Crippen molar-refractivity contribution in [3.63, 3.8) is 0 Å². The first-order chi connectivity index (χ1) is 6.73. The van der Waals surface area contributed by atoms with Gasteiger partial charge < -0.3 is 0 Å². The Labute approximate surface area is 106 Å². The molecule has 0 saturated carbocycles. The Balaban J connectivity index is 3.54. The van der Waals surface area contributed by atoms with Crippen molar-refractivity contribution in [1.82, 2.24) is 0 Å². The fourth-order valence-electron chi connectivity index (χ4n) is 1.15. The molecule has 6 heteroatoms. The van der Waals surface area contributed by atoms with E-state index in [0.29, 0.717) is 3.57 Å². The minimum Gasteiger partial charge on any atom is -0.294 e. The van der Waals surface area contributed by atoms with Gasteiger partial charge in [-0.2, -0.15) is 13.2 Å². The van der Waals surface area contributed by atoms with Gasteiger partial charge in [-0.15, -0.1) is 0 Å². The molecule has 1 aromatic carbocycles. The number of ketones is 1. The second kappa shape index (κ2) is 4.40. The van der Waals surface area contributed by atoms with Gasteiger partial charge in [-0.25, -0.2) is 0 Å². The van der Waals surface area contributed by atoms with Gasteiger partial charge >= 0.3 is 6.18 Å². The number of carbonyl (C=O) groups is 1. The average Bonchev–Trinajstić information content (AvgIpc) is 1.99. The highest BCUT2D eigenvalue weighted by Gasteiger charge is 2.35. The van der Waals surface area contributed by atoms with Crippen molar-refractivity contribution in [2.45, 2.75) is 13.1 Å². The Bertz CT molecular complexity index is 415. The van der Waals surface area contributed by atoms with Gasteiger partial charge in [0.05, 0.1) is 5.56 Å². The number of carbonyl (C=O) groups excluding carboxylic acids is 1. The van der Waals surface area contributed by atoms with Crippen LogP contribution in [0.3, 0.4) is 0 Å². The van der Waals surface area contributed by atoms with Crippen LogP contribution in [0.2, 0.25) is 0 Å². The van der Waals surface area contributed by atoms with Gasteiger partial charge in [0.2, 0.25) is 0 Å². The quantitative estimate of drug-likeness (QED) is 0.515. The highest BCUT2D eigenvalue weighted by atomic mass is 127. The molecule has 0 saturated heterocycles. The number of hydrogen-bond donors (Lipinski definition) is 0. The van der Waals surface area contributed by atoms with Crippen molar-refractivity contribution in [2.75, 3.05) is 0 Å². The summed E-state index contributed by atoms with van der Waals surface area (Å²) >= 11 is 4.74. The molecule has 82 valence electrons. The zero-order valence-electron chi connectivity index (χ0n) is 7.45. The summed E-state index contributed by atoms with van der Waals surface area (Å²) in [5.74, 6) is -0.606. The number of Topliss-reactive ketones (excluding diaryl/α,β-unsaturated/α-hetero) is 1. The second-order valence-corrected chi connectivity index (χ2v) is 4.96. The fourth-order valence-corrected chi connectivity index (χ4v) is 2.95. The van der Waals surface area contributed by atoms with E-state index in [9.17, 15) is 18.0 Å². The first kappa shape index (κ1) is 13.0. The summed E-state index contributed by atoms with van der Waals surface area (Å²) in [5, 5.41) is 0. The third-order valence-electron chi connectivity index (χ3n) is 1.71. The summed E-state index contributed by atoms with van der Waals surface area (Å²) < 4.78 is 38.4. The van der Waals surface area contributed by atoms with Crippen molar-refractivity contribution in [2.24, 2.45) is 0 Å². The van der Waals surface area contributed by atoms with Crippen LogP contribution in [0.5, 0.6) is 0 Å². The monoisotopic (exact) mass is 392 g/mol. The minimum atomic E-state index is -4.51. The third-order valence-corrected chi connectivity index (χ3v) is 2.96. The van der Waals surface area contributed by atoms with E-state index in [0.717, 1.165) is 13.0 Å². The number of halogens is 5. The molecule has 0 aliphatic carbocycles. The maximum atomic E-state index is 12.6. The molecule has 0 spiro atoms. The fraction of sp³-hybridized carbons (Fsp3) is 0.222. The van der Waals surface area contributed by atoms with E-state index < -0.39 is 17.5 Å². The highest BCUT2D eigenvalue weighted by Crippen LogP contribution is 2.36. The molecule has 1 nitrogen and oxygen atoms in total. The van der Waals surface area contributed by atoms with E-state index in [4.69, 9.17) is 0 Å². The molecule has 0 atom stereocenters. The van der Waals surface area contributed by atoms with E-state index in [1.54, 1.807) is 22.6 Å². The van der Waals surface area contributed by atoms with Gasteiger partial charge in [0.25, 0.3) is 0 Å². The van der Waals surface area contributed by atoms with E-state index in [1.165, 1.54) is 6.07 Å². The van der Waals surface area contributed by atoms with Crippen LogP contribution in [-0.2, 0) is 6.18 Å². The van der Waals surface area contributed by atoms with Crippen molar-refractivity contribution in [3.8, 4) is 0 Å². The molecular weight excluding hydrogens is 388 g/mol. The van der Waals surface area contributed by atoms with E-state index >= 15 is 0 Å². The van der Waals surface area contributed by atoms with Crippen molar-refractivity contribution < 1.29 is 18.0 Å². The summed E-state index contributed by atoms with van der Waals surface area (Å²) in [6.45, 7) is 1.11. The molecular formula is C9H5BrF3IO. The maximum Gasteiger partial charge on any atom is 0.417 e. The van der Waals surface area contributed by atoms with Crippen molar-refractivity contribution >= 4 is 44.3 Å². The number of benzene rings is 1. The lowest BCUT2D eigenvalue weighted by molar-refractivity contribution is -0.138. The smallest absolute Gasteiger partial charge is 0.294 e. The molecule has 0 fully saturated rings. The summed E-state index contributed by atoms with van der Waals surface area (Å²) in [5.41, 5.74) is -1.21. The van der Waals surface area contributed by atoms with Crippen LogP contribution in [0.15, 0.2) is 16.6 Å². The molecule has 0 radical (unpaired) electrons. The number of alkyl halides is 3. The van der Waals surface area contributed by atoms with Gasteiger partial charge in [0, 0.05) is 13.6 Å². The molecule has 0 aliphatic rings. The van der Waals surface area contributed by atoms with Crippen molar-refractivity contribution in [1.29, 1.82) is 0 Å². The van der Waals surface area contributed by atoms with E-state index in [1.807, 2.05) is 0 Å². The third kappa shape index (κ3) is 2.93. The molecule has 0 unspecified atom stereocenters. The second-order valence-electron chi connectivity index (χ2n) is 2.86. The Kier molecular flexibility index (Phi) is 3.80. The zero-order chi connectivity index (χ0) is 11.8. The SMILES string of the molecule is CC(=O)c1c(Br)cc(I)cc1C(F)(F)F. The van der Waals surface area contributed by atoms with Crippen LogP contribution in [0, 0.1) is 3.57 Å². The van der Waals surface area contributed by atoms with E-state index in [-0.39, 0.29) is 10.0 Å². The summed E-state index contributed by atoms with van der Waals surface area (Å²) in [6, 6.07) is 2.44. The lowest BCUT2D eigenvalue weighted by Gasteiger charge is -2.13. The van der Waals surface area contributed by atoms with Crippen molar-refractivity contribution in [3.05, 3.63) is 31.3 Å². The summed E-state index contributed by atoms with van der Waals surface area (Å²) in [4.78, 5) is 11.1. The lowest BCUT2D eigenvalue weighted by Crippen LogP contribution is -2.12. The molecule has 0 bridgehead atoms. The van der Waals surface area contributed by atoms with Crippen LogP contribution in [0.25, 0.3) is 0 Å². The largest absolute Gasteiger partial charge is 0.417 e. The molecule has 0 amide bonds. The standard InChI is InChI=1S/C9H5BrF3IO/c1-4(15)8-6(9(11,12)13)2-5(14)3-7(8)10/h2-3H,1H3. The normalized spacial score (nSPS) is 11.6. The molecule has 0 aliphatic heterocycles. The summed E-state index contributed by atoms with van der Waals surface area (Å²) in [7, 11) is 0. The van der Waals surface area contributed by atoms with Crippen LogP contribution < -0.4 is 0 Å². The molecule has 0 N–H and O–H groups in total. The first-order valence-electron chi connectivity index (χ1n) is 3.80. The predicted octanol–water partition coefficient (Wildman–Crippen LogP) is 4.28. The van der Waals surface area contributed by atoms with E-state index in [2.05, 4.69) is 15.9 Å². The van der Waals surface area contributed by atoms with Crippen LogP contribution in [0.4, 0.5) is 13.2 Å². The Morgan fingerprint density at radius 2 is 1.93 bits per heavy atom. The summed E-state index contributed by atoms with van der Waals surface area (Å²) in [6.07, 6.45) is -4.51. The Hall–Kier alpha value is -0.110. The Morgan fingerprint density at radius 1 is 1.40 bits per heavy atom. The molecule has 1 aromatic rings. The predicted molar refractivity (Wildman–Crippen MR) is 61.9 cm³/mol. The average molecular weight is 393 g/mol. The molecule has 0 heterocycles.